The largest absolute Gasteiger partial charge is 0.368 e. The van der Waals surface area contributed by atoms with Crippen molar-refractivity contribution in [2.45, 2.75) is 19.4 Å². The molecule has 1 atom stereocenters. The molecule has 5 heteroatoms. The molecule has 1 amide bonds. The summed E-state index contributed by atoms with van der Waals surface area (Å²) in [5.74, 6) is -0.540. The Morgan fingerprint density at radius 1 is 1.91 bits per heavy atom. The van der Waals surface area contributed by atoms with E-state index in [1.807, 2.05) is 6.07 Å². The van der Waals surface area contributed by atoms with E-state index in [1.54, 1.807) is 6.92 Å². The second-order valence-electron chi connectivity index (χ2n) is 2.14. The third kappa shape index (κ3) is 6.77. The number of hydrogen-bond donors (Lipinski definition) is 2. The van der Waals surface area contributed by atoms with Crippen LogP contribution in [-0.4, -0.2) is 18.6 Å². The van der Waals surface area contributed by atoms with Crippen LogP contribution in [0, 0.1) is 11.3 Å². The van der Waals surface area contributed by atoms with E-state index in [-0.39, 0.29) is 12.6 Å². The lowest BCUT2D eigenvalue weighted by atomic mass is 10.3. The topological polar surface area (TPSA) is 88.1 Å². The number of carbonyl (C=O) groups is 1. The molecule has 0 radical (unpaired) electrons. The Bertz CT molecular complexity index is 164. The van der Waals surface area contributed by atoms with Crippen molar-refractivity contribution in [1.29, 1.82) is 5.26 Å². The summed E-state index contributed by atoms with van der Waals surface area (Å²) in [5, 5.41) is 8.21. The maximum Gasteiger partial charge on any atom is 0.245 e. The minimum absolute atomic E-state index is 0.0839. The first-order valence-electron chi connectivity index (χ1n) is 3.19. The number of rotatable bonds is 5. The molecule has 0 fully saturated rings. The molecule has 0 aliphatic heterocycles. The van der Waals surface area contributed by atoms with Gasteiger partial charge in [0.05, 0.1) is 12.5 Å². The first kappa shape index (κ1) is 9.88. The maximum absolute atomic E-state index is 10.1. The Hall–Kier alpha value is -1.12. The summed E-state index contributed by atoms with van der Waals surface area (Å²) < 4.78 is 0. The summed E-state index contributed by atoms with van der Waals surface area (Å²) in [6.45, 7) is 1.60. The summed E-state index contributed by atoms with van der Waals surface area (Å²) in [5.41, 5.74) is 7.28. The second kappa shape index (κ2) is 5.65. The zero-order valence-electron chi connectivity index (χ0n) is 6.33. The molecule has 0 aliphatic carbocycles. The van der Waals surface area contributed by atoms with Gasteiger partial charge in [-0.1, -0.05) is 0 Å². The van der Waals surface area contributed by atoms with Crippen LogP contribution in [0.3, 0.4) is 0 Å². The van der Waals surface area contributed by atoms with Crippen LogP contribution in [0.15, 0.2) is 0 Å². The molecule has 3 N–H and O–H groups in total. The maximum atomic E-state index is 10.1. The number of nitriles is 1. The number of hydroxylamine groups is 1. The predicted octanol–water partition coefficient (Wildman–Crippen LogP) is -0.705. The highest BCUT2D eigenvalue weighted by atomic mass is 16.6. The van der Waals surface area contributed by atoms with E-state index in [1.165, 1.54) is 0 Å². The number of nitrogens with two attached hydrogens (primary N) is 1. The number of hydrogen-bond acceptors (Lipinski definition) is 4. The van der Waals surface area contributed by atoms with E-state index in [9.17, 15) is 4.79 Å². The number of nitrogens with zero attached hydrogens (tertiary/aromatic N) is 1. The van der Waals surface area contributed by atoms with Crippen LogP contribution in [0.4, 0.5) is 0 Å². The summed E-state index contributed by atoms with van der Waals surface area (Å²) in [7, 11) is 0. The molecule has 0 aromatic carbocycles. The van der Waals surface area contributed by atoms with Crippen LogP contribution in [0.1, 0.15) is 13.3 Å². The highest BCUT2D eigenvalue weighted by Crippen LogP contribution is 1.86. The summed E-state index contributed by atoms with van der Waals surface area (Å²) >= 11 is 0. The van der Waals surface area contributed by atoms with Gasteiger partial charge in [0.15, 0.2) is 0 Å². The predicted molar refractivity (Wildman–Crippen MR) is 38.0 cm³/mol. The Balaban J connectivity index is 3.25. The molecule has 0 spiro atoms. The van der Waals surface area contributed by atoms with Crippen molar-refractivity contribution >= 4 is 5.91 Å². The molecular weight excluding hydrogens is 146 g/mol. The lowest BCUT2D eigenvalue weighted by Gasteiger charge is -2.07. The van der Waals surface area contributed by atoms with Gasteiger partial charge in [0.25, 0.3) is 0 Å². The van der Waals surface area contributed by atoms with Crippen molar-refractivity contribution < 1.29 is 9.63 Å². The first-order chi connectivity index (χ1) is 5.16. The average molecular weight is 157 g/mol. The average Bonchev–Trinajstić information content (AvgIpc) is 1.87. The van der Waals surface area contributed by atoms with E-state index >= 15 is 0 Å². The van der Waals surface area contributed by atoms with Gasteiger partial charge in [-0.2, -0.15) is 10.7 Å². The fourth-order valence-electron chi connectivity index (χ4n) is 0.434. The van der Waals surface area contributed by atoms with Gasteiger partial charge in [0, 0.05) is 6.04 Å². The number of amides is 1. The Labute approximate surface area is 65.1 Å². The molecule has 0 aromatic rings. The SMILES string of the molecule is CC(CC#N)NOCC(N)=O. The number of carbonyl (C=O) groups excluding carboxylic acids is 1. The van der Waals surface area contributed by atoms with Crippen molar-refractivity contribution in [2.24, 2.45) is 5.73 Å². The molecule has 5 nitrogen and oxygen atoms in total. The van der Waals surface area contributed by atoms with Crippen molar-refractivity contribution in [3.05, 3.63) is 0 Å². The third-order valence-corrected chi connectivity index (χ3v) is 0.896. The van der Waals surface area contributed by atoms with E-state index in [0.29, 0.717) is 6.42 Å². The molecule has 1 unspecified atom stereocenters. The lowest BCUT2D eigenvalue weighted by molar-refractivity contribution is -0.125. The number of nitrogens with one attached hydrogen (secondary N) is 1. The van der Waals surface area contributed by atoms with Crippen LogP contribution in [0.5, 0.6) is 0 Å². The van der Waals surface area contributed by atoms with Crippen molar-refractivity contribution in [2.75, 3.05) is 6.61 Å². The van der Waals surface area contributed by atoms with E-state index < -0.39 is 5.91 Å². The third-order valence-electron chi connectivity index (χ3n) is 0.896. The molecule has 62 valence electrons. The molecule has 0 aliphatic rings. The Kier molecular flexibility index (Phi) is 5.07. The number of primary amides is 1. The minimum atomic E-state index is -0.540. The van der Waals surface area contributed by atoms with Gasteiger partial charge in [-0.05, 0) is 6.92 Å². The summed E-state index contributed by atoms with van der Waals surface area (Å²) in [6, 6.07) is 1.86. The molecule has 0 saturated heterocycles. The van der Waals surface area contributed by atoms with Gasteiger partial charge in [-0.15, -0.1) is 0 Å². The van der Waals surface area contributed by atoms with Crippen molar-refractivity contribution in [1.82, 2.24) is 5.48 Å². The Morgan fingerprint density at radius 3 is 3.00 bits per heavy atom. The van der Waals surface area contributed by atoms with Gasteiger partial charge < -0.3 is 5.73 Å². The minimum Gasteiger partial charge on any atom is -0.368 e. The fraction of sp³-hybridized carbons (Fsp3) is 0.667. The van der Waals surface area contributed by atoms with Crippen molar-refractivity contribution in [3.63, 3.8) is 0 Å². The molecular formula is C6H11N3O2. The molecule has 0 heterocycles. The van der Waals surface area contributed by atoms with Crippen LogP contribution >= 0.6 is 0 Å². The molecule has 0 bridgehead atoms. The van der Waals surface area contributed by atoms with E-state index in [2.05, 4.69) is 10.3 Å². The van der Waals surface area contributed by atoms with Crippen LogP contribution in [0.2, 0.25) is 0 Å². The van der Waals surface area contributed by atoms with Gasteiger partial charge in [0.2, 0.25) is 5.91 Å². The molecule has 0 saturated carbocycles. The summed E-state index contributed by atoms with van der Waals surface area (Å²) in [6.07, 6.45) is 0.332. The molecule has 0 aromatic heterocycles. The molecule has 11 heavy (non-hydrogen) atoms. The first-order valence-corrected chi connectivity index (χ1v) is 3.19. The monoisotopic (exact) mass is 157 g/mol. The quantitative estimate of drug-likeness (QED) is 0.516. The lowest BCUT2D eigenvalue weighted by Crippen LogP contribution is -2.30. The summed E-state index contributed by atoms with van der Waals surface area (Å²) in [4.78, 5) is 14.8. The van der Waals surface area contributed by atoms with Gasteiger partial charge in [0.1, 0.15) is 6.61 Å². The standard InChI is InChI=1S/C6H11N3O2/c1-5(2-3-7)9-11-4-6(8)10/h5,9H,2,4H2,1H3,(H2,8,10). The molecule has 0 rings (SSSR count). The Morgan fingerprint density at radius 2 is 2.55 bits per heavy atom. The highest BCUT2D eigenvalue weighted by molar-refractivity contribution is 5.74. The second-order valence-corrected chi connectivity index (χ2v) is 2.14. The van der Waals surface area contributed by atoms with Crippen LogP contribution in [-0.2, 0) is 9.63 Å². The van der Waals surface area contributed by atoms with Crippen LogP contribution in [0.25, 0.3) is 0 Å². The highest BCUT2D eigenvalue weighted by Gasteiger charge is 2.00. The van der Waals surface area contributed by atoms with E-state index in [4.69, 9.17) is 11.0 Å². The van der Waals surface area contributed by atoms with E-state index in [0.717, 1.165) is 0 Å². The van der Waals surface area contributed by atoms with Crippen molar-refractivity contribution in [3.8, 4) is 6.07 Å². The normalized spacial score (nSPS) is 12.0. The zero-order chi connectivity index (χ0) is 8.69. The van der Waals surface area contributed by atoms with Crippen LogP contribution < -0.4 is 11.2 Å². The zero-order valence-corrected chi connectivity index (χ0v) is 6.33. The van der Waals surface area contributed by atoms with Gasteiger partial charge >= 0.3 is 0 Å². The van der Waals surface area contributed by atoms with Gasteiger partial charge in [-0.25, -0.2) is 0 Å². The van der Waals surface area contributed by atoms with Gasteiger partial charge in [-0.3, -0.25) is 9.63 Å². The fourth-order valence-corrected chi connectivity index (χ4v) is 0.434. The smallest absolute Gasteiger partial charge is 0.245 e.